The summed E-state index contributed by atoms with van der Waals surface area (Å²) in [6.45, 7) is 5.40. The molecule has 0 amide bonds. The number of rotatable bonds is 3. The Hall–Kier alpha value is -2.60. The SMILES string of the molecule is CC1=C(C(=O)O[C@H](C)c2ccoc2)C=CC2(C)C1[C@H]1C=C[C@]2(O)C(=O)O1. The van der Waals surface area contributed by atoms with E-state index in [4.69, 9.17) is 13.9 Å². The van der Waals surface area contributed by atoms with E-state index in [1.165, 1.54) is 18.6 Å². The van der Waals surface area contributed by atoms with Gasteiger partial charge < -0.3 is 19.0 Å². The Labute approximate surface area is 150 Å². The van der Waals surface area contributed by atoms with Crippen molar-refractivity contribution >= 4 is 11.9 Å². The van der Waals surface area contributed by atoms with Crippen LogP contribution in [0, 0.1) is 11.3 Å². The standard InChI is InChI=1S/C20H20O6/c1-11-14(17(21)25-12(2)13-6-9-24-10-13)4-7-19(3)16(11)15-5-8-20(19,23)18(22)26-15/h4-10,12,15-16,23H,1-3H3/t12-,15-,16?,19?,20+/m1/s1. The number of aliphatic hydroxyl groups is 1. The number of hydrogen-bond acceptors (Lipinski definition) is 6. The molecule has 5 rings (SSSR count). The molecule has 2 aliphatic heterocycles. The third-order valence-corrected chi connectivity index (χ3v) is 5.88. The monoisotopic (exact) mass is 356 g/mol. The van der Waals surface area contributed by atoms with Crippen LogP contribution in [0.4, 0.5) is 0 Å². The first kappa shape index (κ1) is 16.8. The summed E-state index contributed by atoms with van der Waals surface area (Å²) in [5.74, 6) is -1.44. The Kier molecular flexibility index (Phi) is 3.53. The minimum atomic E-state index is -1.73. The molecule has 26 heavy (non-hydrogen) atoms. The quantitative estimate of drug-likeness (QED) is 0.662. The highest BCUT2D eigenvalue weighted by Gasteiger charge is 2.65. The lowest BCUT2D eigenvalue weighted by atomic mass is 9.54. The smallest absolute Gasteiger partial charge is 0.343 e. The van der Waals surface area contributed by atoms with Crippen LogP contribution < -0.4 is 0 Å². The molecule has 3 heterocycles. The predicted octanol–water partition coefficient (Wildman–Crippen LogP) is 2.62. The molecule has 0 radical (unpaired) electrons. The lowest BCUT2D eigenvalue weighted by Crippen LogP contribution is -2.65. The molecule has 6 heteroatoms. The predicted molar refractivity (Wildman–Crippen MR) is 90.6 cm³/mol. The summed E-state index contributed by atoms with van der Waals surface area (Å²) in [5, 5.41) is 10.9. The van der Waals surface area contributed by atoms with Crippen LogP contribution in [0.25, 0.3) is 0 Å². The minimum absolute atomic E-state index is 0.327. The Morgan fingerprint density at radius 3 is 2.81 bits per heavy atom. The largest absolute Gasteiger partial charge is 0.472 e. The first-order valence-corrected chi connectivity index (χ1v) is 8.54. The first-order chi connectivity index (χ1) is 12.3. The second kappa shape index (κ2) is 5.45. The zero-order valence-electron chi connectivity index (χ0n) is 14.8. The minimum Gasteiger partial charge on any atom is -0.472 e. The number of furan rings is 1. The van der Waals surface area contributed by atoms with Crippen molar-refractivity contribution in [3.63, 3.8) is 0 Å². The summed E-state index contributed by atoms with van der Waals surface area (Å²) in [7, 11) is 0. The normalized spacial score (nSPS) is 35.9. The van der Waals surface area contributed by atoms with Gasteiger partial charge in [-0.05, 0) is 32.1 Å². The van der Waals surface area contributed by atoms with Crippen LogP contribution in [0.3, 0.4) is 0 Å². The molecular formula is C20H20O6. The molecule has 1 aromatic rings. The Morgan fingerprint density at radius 1 is 1.38 bits per heavy atom. The molecule has 4 aliphatic rings. The maximum atomic E-state index is 12.7. The van der Waals surface area contributed by atoms with Crippen LogP contribution in [-0.4, -0.2) is 28.8 Å². The molecule has 1 aromatic heterocycles. The topological polar surface area (TPSA) is 86.0 Å². The molecule has 2 aliphatic carbocycles. The van der Waals surface area contributed by atoms with E-state index >= 15 is 0 Å². The molecule has 136 valence electrons. The van der Waals surface area contributed by atoms with Gasteiger partial charge in [-0.3, -0.25) is 0 Å². The third kappa shape index (κ3) is 2.08. The van der Waals surface area contributed by atoms with Gasteiger partial charge in [-0.25, -0.2) is 9.59 Å². The van der Waals surface area contributed by atoms with Gasteiger partial charge in [0.15, 0.2) is 5.60 Å². The number of ether oxygens (including phenoxy) is 2. The second-order valence-electron chi connectivity index (χ2n) is 7.29. The average molecular weight is 356 g/mol. The number of esters is 2. The average Bonchev–Trinajstić information content (AvgIpc) is 3.11. The summed E-state index contributed by atoms with van der Waals surface area (Å²) in [6.07, 6.45) is 8.64. The van der Waals surface area contributed by atoms with E-state index in [1.54, 1.807) is 31.2 Å². The molecule has 0 spiro atoms. The Morgan fingerprint density at radius 2 is 2.15 bits per heavy atom. The number of fused-ring (bicyclic) bond motifs is 1. The lowest BCUT2D eigenvalue weighted by Gasteiger charge is -2.55. The first-order valence-electron chi connectivity index (χ1n) is 8.54. The summed E-state index contributed by atoms with van der Waals surface area (Å²) < 4.78 is 15.9. The highest BCUT2D eigenvalue weighted by atomic mass is 16.6. The maximum absolute atomic E-state index is 12.7. The Bertz CT molecular complexity index is 861. The molecule has 6 nitrogen and oxygen atoms in total. The van der Waals surface area contributed by atoms with E-state index in [0.29, 0.717) is 5.57 Å². The third-order valence-electron chi connectivity index (χ3n) is 5.88. The molecule has 1 fully saturated rings. The van der Waals surface area contributed by atoms with Crippen LogP contribution >= 0.6 is 0 Å². The second-order valence-corrected chi connectivity index (χ2v) is 7.29. The van der Waals surface area contributed by atoms with Crippen molar-refractivity contribution in [1.29, 1.82) is 0 Å². The summed E-state index contributed by atoms with van der Waals surface area (Å²) in [5.41, 5.74) is -0.678. The molecule has 0 saturated carbocycles. The highest BCUT2D eigenvalue weighted by molar-refractivity contribution is 5.94. The molecular weight excluding hydrogens is 336 g/mol. The van der Waals surface area contributed by atoms with Gasteiger partial charge in [-0.15, -0.1) is 0 Å². The molecule has 5 atom stereocenters. The van der Waals surface area contributed by atoms with E-state index in [9.17, 15) is 14.7 Å². The summed E-state index contributed by atoms with van der Waals surface area (Å²) >= 11 is 0. The van der Waals surface area contributed by atoms with Gasteiger partial charge in [0, 0.05) is 16.9 Å². The van der Waals surface area contributed by atoms with Gasteiger partial charge >= 0.3 is 11.9 Å². The van der Waals surface area contributed by atoms with Crippen molar-refractivity contribution in [2.24, 2.45) is 11.3 Å². The van der Waals surface area contributed by atoms with Gasteiger partial charge in [0.05, 0.1) is 18.1 Å². The fourth-order valence-electron chi connectivity index (χ4n) is 4.22. The van der Waals surface area contributed by atoms with E-state index in [0.717, 1.165) is 11.1 Å². The van der Waals surface area contributed by atoms with Crippen LogP contribution in [0.1, 0.15) is 32.4 Å². The number of hydrogen-bond donors (Lipinski definition) is 1. The van der Waals surface area contributed by atoms with E-state index in [2.05, 4.69) is 0 Å². The fourth-order valence-corrected chi connectivity index (χ4v) is 4.22. The van der Waals surface area contributed by atoms with Gasteiger partial charge in [0.2, 0.25) is 0 Å². The van der Waals surface area contributed by atoms with E-state index < -0.39 is 35.2 Å². The molecule has 0 aromatic carbocycles. The van der Waals surface area contributed by atoms with Crippen molar-refractivity contribution in [2.45, 2.75) is 38.6 Å². The van der Waals surface area contributed by atoms with Gasteiger partial charge in [-0.1, -0.05) is 24.6 Å². The fraction of sp³-hybridized carbons (Fsp3) is 0.400. The molecule has 1 N–H and O–H groups in total. The van der Waals surface area contributed by atoms with Crippen LogP contribution in [0.15, 0.2) is 58.5 Å². The zero-order chi connectivity index (χ0) is 18.7. The highest BCUT2D eigenvalue weighted by Crippen LogP contribution is 2.56. The van der Waals surface area contributed by atoms with Crippen molar-refractivity contribution < 1.29 is 28.6 Å². The van der Waals surface area contributed by atoms with Gasteiger partial charge in [0.1, 0.15) is 12.2 Å². The molecule has 2 bridgehead atoms. The summed E-state index contributed by atoms with van der Waals surface area (Å²) in [6, 6.07) is 1.74. The van der Waals surface area contributed by atoms with Crippen molar-refractivity contribution in [1.82, 2.24) is 0 Å². The van der Waals surface area contributed by atoms with Crippen LogP contribution in [-0.2, 0) is 19.1 Å². The molecule has 1 saturated heterocycles. The Balaban J connectivity index is 1.65. The van der Waals surface area contributed by atoms with Crippen LogP contribution in [0.2, 0.25) is 0 Å². The summed E-state index contributed by atoms with van der Waals surface area (Å²) in [4.78, 5) is 24.9. The number of carbonyl (C=O) groups excluding carboxylic acids is 2. The molecule has 2 unspecified atom stereocenters. The zero-order valence-corrected chi connectivity index (χ0v) is 14.8. The van der Waals surface area contributed by atoms with Crippen molar-refractivity contribution in [3.8, 4) is 0 Å². The van der Waals surface area contributed by atoms with E-state index in [-0.39, 0.29) is 5.92 Å². The number of carbonyl (C=O) groups is 2. The van der Waals surface area contributed by atoms with Crippen molar-refractivity contribution in [2.75, 3.05) is 0 Å². The van der Waals surface area contributed by atoms with E-state index in [1.807, 2.05) is 13.8 Å². The van der Waals surface area contributed by atoms with Gasteiger partial charge in [0.25, 0.3) is 0 Å². The van der Waals surface area contributed by atoms with Gasteiger partial charge in [-0.2, -0.15) is 0 Å². The van der Waals surface area contributed by atoms with Crippen LogP contribution in [0.5, 0.6) is 0 Å². The maximum Gasteiger partial charge on any atom is 0.343 e. The van der Waals surface area contributed by atoms with Crippen molar-refractivity contribution in [3.05, 3.63) is 59.6 Å². The lowest BCUT2D eigenvalue weighted by molar-refractivity contribution is -0.201.